The van der Waals surface area contributed by atoms with E-state index in [-0.39, 0.29) is 13.2 Å². The summed E-state index contributed by atoms with van der Waals surface area (Å²) in [6, 6.07) is 22.9. The molecule has 6 nitrogen and oxygen atoms in total. The quantitative estimate of drug-likeness (QED) is 0.371. The summed E-state index contributed by atoms with van der Waals surface area (Å²) in [5.41, 5.74) is 3.45. The summed E-state index contributed by atoms with van der Waals surface area (Å²) in [5.74, 6) is 0.177. The van der Waals surface area contributed by atoms with Crippen LogP contribution in [0.15, 0.2) is 72.8 Å². The van der Waals surface area contributed by atoms with Crippen LogP contribution in [0.3, 0.4) is 0 Å². The van der Waals surface area contributed by atoms with E-state index in [0.29, 0.717) is 29.7 Å². The molecule has 0 saturated carbocycles. The van der Waals surface area contributed by atoms with E-state index in [9.17, 15) is 4.79 Å². The SMILES string of the molecule is CN(C(=O)c1cc2cc(OCc3ccccc3)ccc2[nH]1)c1ccc(N2CCC(N(C)C)C2)c(F)c1.[HH]. The fraction of sp³-hybridized carbons (Fsp3) is 0.276. The number of carbonyl (C=O) groups excluding carboxylic acids is 1. The van der Waals surface area contributed by atoms with Crippen LogP contribution < -0.4 is 14.5 Å². The first-order valence-corrected chi connectivity index (χ1v) is 12.2. The van der Waals surface area contributed by atoms with Crippen LogP contribution in [-0.4, -0.2) is 56.1 Å². The van der Waals surface area contributed by atoms with Gasteiger partial charge < -0.3 is 24.4 Å². The summed E-state index contributed by atoms with van der Waals surface area (Å²) in [6.45, 7) is 2.09. The van der Waals surface area contributed by atoms with Gasteiger partial charge in [-0.25, -0.2) is 4.39 Å². The predicted molar refractivity (Wildman–Crippen MR) is 145 cm³/mol. The van der Waals surface area contributed by atoms with Crippen molar-refractivity contribution in [2.24, 2.45) is 0 Å². The van der Waals surface area contributed by atoms with Crippen molar-refractivity contribution < 1.29 is 15.3 Å². The molecule has 0 aliphatic carbocycles. The van der Waals surface area contributed by atoms with Crippen LogP contribution in [0.5, 0.6) is 5.75 Å². The molecule has 1 fully saturated rings. The third-order valence-electron chi connectivity index (χ3n) is 6.93. The number of fused-ring (bicyclic) bond motifs is 1. The molecule has 2 heterocycles. The number of ether oxygens (including phenoxy) is 1. The highest BCUT2D eigenvalue weighted by molar-refractivity contribution is 6.07. The highest BCUT2D eigenvalue weighted by Crippen LogP contribution is 2.29. The number of benzene rings is 3. The molecule has 0 spiro atoms. The molecule has 1 unspecified atom stereocenters. The van der Waals surface area contributed by atoms with E-state index in [2.05, 4.69) is 28.9 Å². The number of aromatic nitrogens is 1. The minimum Gasteiger partial charge on any atom is -0.489 e. The number of aromatic amines is 1. The lowest BCUT2D eigenvalue weighted by Gasteiger charge is -2.23. The first kappa shape index (κ1) is 23.9. The number of nitrogens with one attached hydrogen (secondary N) is 1. The van der Waals surface area contributed by atoms with Crippen molar-refractivity contribution in [3.63, 3.8) is 0 Å². The summed E-state index contributed by atoms with van der Waals surface area (Å²) in [6.07, 6.45) is 1.01. The average molecular weight is 489 g/mol. The van der Waals surface area contributed by atoms with E-state index >= 15 is 4.39 Å². The Bertz CT molecular complexity index is 1380. The fourth-order valence-electron chi connectivity index (χ4n) is 4.70. The number of hydrogen-bond acceptors (Lipinski definition) is 4. The molecular formula is C29H33FN4O2. The lowest BCUT2D eigenvalue weighted by atomic mass is 10.2. The summed E-state index contributed by atoms with van der Waals surface area (Å²) in [5, 5.41) is 0.878. The van der Waals surface area contributed by atoms with Crippen LogP contribution >= 0.6 is 0 Å². The molecule has 1 aromatic heterocycles. The Labute approximate surface area is 212 Å². The van der Waals surface area contributed by atoms with Gasteiger partial charge >= 0.3 is 0 Å². The van der Waals surface area contributed by atoms with Gasteiger partial charge in [-0.2, -0.15) is 0 Å². The van der Waals surface area contributed by atoms with E-state index in [0.717, 1.165) is 41.7 Å². The van der Waals surface area contributed by atoms with Crippen LogP contribution in [0.2, 0.25) is 0 Å². The summed E-state index contributed by atoms with van der Waals surface area (Å²) < 4.78 is 21.0. The molecule has 1 aliphatic rings. The van der Waals surface area contributed by atoms with Crippen molar-refractivity contribution in [1.82, 2.24) is 9.88 Å². The summed E-state index contributed by atoms with van der Waals surface area (Å²) in [4.78, 5) is 22.1. The molecule has 0 bridgehead atoms. The molecule has 5 rings (SSSR count). The Morgan fingerprint density at radius 2 is 1.89 bits per heavy atom. The molecule has 0 radical (unpaired) electrons. The molecule has 1 N–H and O–H groups in total. The fourth-order valence-corrected chi connectivity index (χ4v) is 4.70. The van der Waals surface area contributed by atoms with Gasteiger partial charge in [0.2, 0.25) is 0 Å². The Hall–Kier alpha value is -3.84. The van der Waals surface area contributed by atoms with Gasteiger partial charge in [0.15, 0.2) is 0 Å². The highest BCUT2D eigenvalue weighted by Gasteiger charge is 2.26. The van der Waals surface area contributed by atoms with Gasteiger partial charge in [-0.15, -0.1) is 0 Å². The topological polar surface area (TPSA) is 51.8 Å². The normalized spacial score (nSPS) is 15.6. The van der Waals surface area contributed by atoms with E-state index in [1.54, 1.807) is 25.2 Å². The number of halogens is 1. The molecule has 1 aliphatic heterocycles. The number of anilines is 2. The van der Waals surface area contributed by atoms with E-state index < -0.39 is 0 Å². The molecular weight excluding hydrogens is 455 g/mol. The Balaban J connectivity index is 0.00000320. The Kier molecular flexibility index (Phi) is 6.65. The second-order valence-corrected chi connectivity index (χ2v) is 9.56. The standard InChI is InChI=1S/C29H31FN4O2.H2/c1-32(2)23-13-14-34(18-23)28-12-9-22(17-25(28)30)33(3)29(35)27-16-21-15-24(10-11-26(21)31-27)36-19-20-7-5-4-6-8-20;/h4-12,15-17,23,31H,13-14,18-19H2,1-3H3;1H. The predicted octanol–water partition coefficient (Wildman–Crippen LogP) is 5.55. The van der Waals surface area contributed by atoms with Gasteiger partial charge in [0.25, 0.3) is 5.91 Å². The van der Waals surface area contributed by atoms with Crippen molar-refractivity contribution in [2.75, 3.05) is 44.0 Å². The monoisotopic (exact) mass is 488 g/mol. The van der Waals surface area contributed by atoms with Crippen LogP contribution in [0.25, 0.3) is 10.9 Å². The molecule has 7 heteroatoms. The van der Waals surface area contributed by atoms with Crippen molar-refractivity contribution >= 4 is 28.2 Å². The minimum atomic E-state index is -0.316. The maximum atomic E-state index is 15.0. The van der Waals surface area contributed by atoms with Crippen LogP contribution in [-0.2, 0) is 6.61 Å². The van der Waals surface area contributed by atoms with Crippen LogP contribution in [0.4, 0.5) is 15.8 Å². The van der Waals surface area contributed by atoms with Gasteiger partial charge in [-0.3, -0.25) is 4.79 Å². The number of rotatable bonds is 7. The number of likely N-dealkylation sites (N-methyl/N-ethyl adjacent to an activating group) is 1. The smallest absolute Gasteiger partial charge is 0.274 e. The number of hydrogen-bond donors (Lipinski definition) is 1. The van der Waals surface area contributed by atoms with Crippen LogP contribution in [0.1, 0.15) is 23.9 Å². The van der Waals surface area contributed by atoms with Gasteiger partial charge in [0, 0.05) is 44.2 Å². The third kappa shape index (κ3) is 4.93. The second kappa shape index (κ2) is 10.0. The lowest BCUT2D eigenvalue weighted by molar-refractivity contribution is 0.0989. The number of carbonyl (C=O) groups is 1. The summed E-state index contributed by atoms with van der Waals surface area (Å²) >= 11 is 0. The maximum absolute atomic E-state index is 15.0. The zero-order chi connectivity index (χ0) is 25.2. The molecule has 36 heavy (non-hydrogen) atoms. The van der Waals surface area contributed by atoms with E-state index in [1.807, 2.05) is 48.5 Å². The minimum absolute atomic E-state index is 0. The number of amides is 1. The van der Waals surface area contributed by atoms with E-state index in [4.69, 9.17) is 4.74 Å². The second-order valence-electron chi connectivity index (χ2n) is 9.56. The maximum Gasteiger partial charge on any atom is 0.274 e. The zero-order valence-corrected chi connectivity index (χ0v) is 20.9. The van der Waals surface area contributed by atoms with Gasteiger partial charge in [0.05, 0.1) is 5.69 Å². The molecule has 188 valence electrons. The van der Waals surface area contributed by atoms with Crippen molar-refractivity contribution in [2.45, 2.75) is 19.1 Å². The Morgan fingerprint density at radius 1 is 1.08 bits per heavy atom. The average Bonchev–Trinajstić information content (AvgIpc) is 3.54. The van der Waals surface area contributed by atoms with E-state index in [1.165, 1.54) is 11.0 Å². The highest BCUT2D eigenvalue weighted by atomic mass is 19.1. The molecule has 4 aromatic rings. The van der Waals surface area contributed by atoms with Gasteiger partial charge in [-0.05, 0) is 68.5 Å². The Morgan fingerprint density at radius 3 is 2.61 bits per heavy atom. The molecule has 1 atom stereocenters. The third-order valence-corrected chi connectivity index (χ3v) is 6.93. The molecule has 1 amide bonds. The van der Waals surface area contributed by atoms with Crippen molar-refractivity contribution in [1.29, 1.82) is 0 Å². The number of nitrogens with zero attached hydrogens (tertiary/aromatic N) is 3. The first-order valence-electron chi connectivity index (χ1n) is 12.2. The zero-order valence-electron chi connectivity index (χ0n) is 20.9. The summed E-state index contributed by atoms with van der Waals surface area (Å²) in [7, 11) is 5.77. The lowest BCUT2D eigenvalue weighted by Crippen LogP contribution is -2.31. The van der Waals surface area contributed by atoms with Crippen molar-refractivity contribution in [3.05, 3.63) is 89.9 Å². The van der Waals surface area contributed by atoms with Crippen LogP contribution in [0, 0.1) is 5.82 Å². The van der Waals surface area contributed by atoms with Gasteiger partial charge in [-0.1, -0.05) is 30.3 Å². The number of H-pyrrole nitrogens is 1. The van der Waals surface area contributed by atoms with Crippen molar-refractivity contribution in [3.8, 4) is 5.75 Å². The molecule has 1 saturated heterocycles. The van der Waals surface area contributed by atoms with Gasteiger partial charge in [0.1, 0.15) is 23.9 Å². The first-order chi connectivity index (χ1) is 17.4. The molecule has 3 aromatic carbocycles. The largest absolute Gasteiger partial charge is 0.489 e.